The molecule has 0 spiro atoms. The van der Waals surface area contributed by atoms with Gasteiger partial charge >= 0.3 is 17.8 Å². The number of rotatable bonds is 6. The van der Waals surface area contributed by atoms with Gasteiger partial charge in [0.2, 0.25) is 11.1 Å². The van der Waals surface area contributed by atoms with Crippen molar-refractivity contribution >= 4 is 52.0 Å². The summed E-state index contributed by atoms with van der Waals surface area (Å²) in [5.41, 5.74) is -0.654. The van der Waals surface area contributed by atoms with Crippen LogP contribution in [0.15, 0.2) is 47.3 Å². The molecule has 0 saturated carbocycles. The van der Waals surface area contributed by atoms with Crippen LogP contribution in [0.2, 0.25) is 5.02 Å². The van der Waals surface area contributed by atoms with E-state index in [1.54, 1.807) is 18.2 Å². The lowest BCUT2D eigenvalue weighted by Gasteiger charge is -2.15. The van der Waals surface area contributed by atoms with Crippen LogP contribution in [0.25, 0.3) is 5.69 Å². The second-order valence-electron chi connectivity index (χ2n) is 7.38. The van der Waals surface area contributed by atoms with E-state index in [1.807, 2.05) is 0 Å². The summed E-state index contributed by atoms with van der Waals surface area (Å²) in [5.74, 6) is -3.76. The number of hydrogen-bond acceptors (Lipinski definition) is 8. The van der Waals surface area contributed by atoms with Crippen molar-refractivity contribution in [3.8, 4) is 11.4 Å². The predicted octanol–water partition coefficient (Wildman–Crippen LogP) is 3.19. The van der Waals surface area contributed by atoms with Crippen molar-refractivity contribution in [2.45, 2.75) is 18.6 Å². The number of amides is 1. The average molecular weight is 542 g/mol. The number of anilines is 2. The molecule has 0 bridgehead atoms. The van der Waals surface area contributed by atoms with E-state index in [0.717, 1.165) is 28.6 Å². The van der Waals surface area contributed by atoms with Crippen molar-refractivity contribution in [3.05, 3.63) is 63.5 Å². The summed E-state index contributed by atoms with van der Waals surface area (Å²) >= 11 is 6.96. The Balaban J connectivity index is 1.62. The first kappa shape index (κ1) is 25.3. The fraction of sp³-hybridized carbons (Fsp3) is 0.190. The average Bonchev–Trinajstić information content (AvgIpc) is 3.37. The molecule has 1 fully saturated rings. The first-order chi connectivity index (χ1) is 17.0. The van der Waals surface area contributed by atoms with E-state index in [9.17, 15) is 32.3 Å². The molecule has 1 aliphatic rings. The van der Waals surface area contributed by atoms with Gasteiger partial charge in [-0.3, -0.25) is 14.6 Å². The summed E-state index contributed by atoms with van der Waals surface area (Å²) in [6.07, 6.45) is -4.97. The number of carbonyl (C=O) groups excluding carboxylic acids is 3. The molecule has 10 nitrogen and oxygen atoms in total. The van der Waals surface area contributed by atoms with E-state index in [0.29, 0.717) is 22.9 Å². The zero-order valence-electron chi connectivity index (χ0n) is 17.9. The van der Waals surface area contributed by atoms with Gasteiger partial charge in [-0.25, -0.2) is 9.59 Å². The number of esters is 1. The first-order valence-corrected chi connectivity index (χ1v) is 11.5. The lowest BCUT2D eigenvalue weighted by molar-refractivity contribution is -0.189. The van der Waals surface area contributed by atoms with E-state index < -0.39 is 41.1 Å². The van der Waals surface area contributed by atoms with Crippen molar-refractivity contribution in [1.29, 1.82) is 0 Å². The molecule has 36 heavy (non-hydrogen) atoms. The predicted molar refractivity (Wildman–Crippen MR) is 124 cm³/mol. The first-order valence-electron chi connectivity index (χ1n) is 10.1. The van der Waals surface area contributed by atoms with E-state index in [1.165, 1.54) is 12.1 Å². The van der Waals surface area contributed by atoms with Gasteiger partial charge in [0.1, 0.15) is 5.75 Å². The Bertz CT molecular complexity index is 1410. The minimum atomic E-state index is -5.32. The third kappa shape index (κ3) is 5.71. The van der Waals surface area contributed by atoms with Crippen molar-refractivity contribution in [3.63, 3.8) is 0 Å². The van der Waals surface area contributed by atoms with Gasteiger partial charge in [-0.2, -0.15) is 17.9 Å². The number of aromatic nitrogens is 3. The number of H-pyrrole nitrogens is 1. The van der Waals surface area contributed by atoms with Gasteiger partial charge in [0.25, 0.3) is 5.91 Å². The summed E-state index contributed by atoms with van der Waals surface area (Å²) in [5, 5.41) is 9.22. The number of hydrogen-bond donors (Lipinski definition) is 3. The summed E-state index contributed by atoms with van der Waals surface area (Å²) in [6.45, 7) is 0. The summed E-state index contributed by atoms with van der Waals surface area (Å²) in [7, 11) is 0. The molecule has 15 heteroatoms. The largest absolute Gasteiger partial charge is 0.491 e. The highest BCUT2D eigenvalue weighted by Gasteiger charge is 2.42. The fourth-order valence-corrected chi connectivity index (χ4v) is 4.31. The van der Waals surface area contributed by atoms with Gasteiger partial charge in [0.05, 0.1) is 17.3 Å². The molecule has 3 N–H and O–H groups in total. The number of ether oxygens (including phenoxy) is 1. The highest BCUT2D eigenvalue weighted by Crippen LogP contribution is 2.29. The Labute approximate surface area is 209 Å². The van der Waals surface area contributed by atoms with Gasteiger partial charge in [-0.05, 0) is 36.8 Å². The summed E-state index contributed by atoms with van der Waals surface area (Å²) < 4.78 is 43.9. The highest BCUT2D eigenvalue weighted by molar-refractivity contribution is 8.14. The highest BCUT2D eigenvalue weighted by atomic mass is 35.5. The zero-order valence-corrected chi connectivity index (χ0v) is 19.5. The minimum Gasteiger partial charge on any atom is -0.419 e. The number of alkyl halides is 3. The Kier molecular flexibility index (Phi) is 7.08. The molecule has 0 unspecified atom stereocenters. The van der Waals surface area contributed by atoms with Gasteiger partial charge in [0.15, 0.2) is 0 Å². The van der Waals surface area contributed by atoms with Gasteiger partial charge in [0, 0.05) is 22.5 Å². The number of aromatic amines is 1. The van der Waals surface area contributed by atoms with Crippen LogP contribution in [0.1, 0.15) is 16.8 Å². The van der Waals surface area contributed by atoms with Gasteiger partial charge < -0.3 is 15.4 Å². The molecular weight excluding hydrogens is 527 g/mol. The molecule has 1 saturated heterocycles. The molecule has 4 rings (SSSR count). The molecule has 1 aliphatic heterocycles. The third-order valence-electron chi connectivity index (χ3n) is 4.83. The van der Waals surface area contributed by atoms with Crippen molar-refractivity contribution in [2.24, 2.45) is 0 Å². The summed E-state index contributed by atoms with van der Waals surface area (Å²) in [4.78, 5) is 50.6. The zero-order chi connectivity index (χ0) is 26.0. The van der Waals surface area contributed by atoms with E-state index in [2.05, 4.69) is 25.5 Å². The van der Waals surface area contributed by atoms with Crippen molar-refractivity contribution < 1.29 is 32.3 Å². The number of halogens is 4. The summed E-state index contributed by atoms with van der Waals surface area (Å²) in [6, 6.07) is 8.82. The Morgan fingerprint density at radius 2 is 1.97 bits per heavy atom. The van der Waals surface area contributed by atoms with Crippen LogP contribution in [0.4, 0.5) is 24.8 Å². The molecule has 0 radical (unpaired) electrons. The standard InChI is InChI=1S/C21H15ClF3N5O5S/c22-10-2-1-3-12(8-10)30-20(34)28-19(29-30)26-11-4-5-13(15(9-11)35-18(33)21(23,24)25)16(31)27-14-6-7-36-17(14)32/h1-5,8-9,14H,6-7H2,(H,27,31)(H2,26,28,29,34)/t14-/m1/s1. The van der Waals surface area contributed by atoms with Crippen LogP contribution in [-0.2, 0) is 9.59 Å². The maximum absolute atomic E-state index is 12.8. The van der Waals surface area contributed by atoms with Crippen LogP contribution in [0.5, 0.6) is 5.75 Å². The van der Waals surface area contributed by atoms with Gasteiger partial charge in [-0.15, -0.1) is 5.10 Å². The molecule has 3 aromatic rings. The van der Waals surface area contributed by atoms with Crippen LogP contribution < -0.4 is 21.1 Å². The molecule has 2 aromatic carbocycles. The SMILES string of the molecule is O=C(N[C@@H]1CCSC1=O)c1ccc(Nc2nn(-c3cccc(Cl)c3)c(=O)[nH]2)cc1OC(=O)C(F)(F)F. The Morgan fingerprint density at radius 1 is 1.19 bits per heavy atom. The van der Waals surface area contributed by atoms with Crippen molar-refractivity contribution in [1.82, 2.24) is 20.1 Å². The van der Waals surface area contributed by atoms with Crippen LogP contribution in [0.3, 0.4) is 0 Å². The number of carbonyl (C=O) groups is 3. The van der Waals surface area contributed by atoms with E-state index >= 15 is 0 Å². The normalized spacial score (nSPS) is 15.6. The van der Waals surface area contributed by atoms with Crippen LogP contribution in [0, 0.1) is 0 Å². The Morgan fingerprint density at radius 3 is 2.64 bits per heavy atom. The molecular formula is C21H15ClF3N5O5S. The smallest absolute Gasteiger partial charge is 0.419 e. The Hall–Kier alpha value is -3.78. The monoisotopic (exact) mass is 541 g/mol. The lowest BCUT2D eigenvalue weighted by atomic mass is 10.1. The lowest BCUT2D eigenvalue weighted by Crippen LogP contribution is -2.37. The second kappa shape index (κ2) is 10.1. The quantitative estimate of drug-likeness (QED) is 0.320. The molecule has 1 atom stereocenters. The maximum atomic E-state index is 12.8. The number of nitrogens with zero attached hydrogens (tertiary/aromatic N) is 2. The van der Waals surface area contributed by atoms with Crippen LogP contribution in [-0.4, -0.2) is 49.7 Å². The molecule has 0 aliphatic carbocycles. The number of nitrogens with one attached hydrogen (secondary N) is 3. The van der Waals surface area contributed by atoms with E-state index in [4.69, 9.17) is 11.6 Å². The fourth-order valence-electron chi connectivity index (χ4n) is 3.19. The van der Waals surface area contributed by atoms with Crippen LogP contribution >= 0.6 is 23.4 Å². The second-order valence-corrected chi connectivity index (χ2v) is 8.91. The molecule has 1 amide bonds. The van der Waals surface area contributed by atoms with Crippen molar-refractivity contribution in [2.75, 3.05) is 11.1 Å². The maximum Gasteiger partial charge on any atom is 0.491 e. The van der Waals surface area contributed by atoms with E-state index in [-0.39, 0.29) is 16.8 Å². The molecule has 1 aromatic heterocycles. The number of thioether (sulfide) groups is 1. The number of benzene rings is 2. The minimum absolute atomic E-state index is 0.0380. The topological polar surface area (TPSA) is 135 Å². The molecule has 188 valence electrons. The third-order valence-corrected chi connectivity index (χ3v) is 6.08. The molecule has 2 heterocycles. The van der Waals surface area contributed by atoms with Gasteiger partial charge in [-0.1, -0.05) is 29.4 Å².